The van der Waals surface area contributed by atoms with Crippen LogP contribution in [0.15, 0.2) is 53.1 Å². The molecule has 0 saturated heterocycles. The molecule has 0 aliphatic carbocycles. The number of phenols is 1. The molecule has 2 aromatic carbocycles. The molecule has 3 aromatic rings. The van der Waals surface area contributed by atoms with E-state index in [1.165, 1.54) is 19.3 Å². The van der Waals surface area contributed by atoms with Crippen molar-refractivity contribution in [2.45, 2.75) is 6.61 Å². The molecule has 144 valence electrons. The first-order valence-electron chi connectivity index (χ1n) is 8.28. The van der Waals surface area contributed by atoms with Gasteiger partial charge in [0.2, 0.25) is 5.82 Å². The average molecular weight is 382 g/mol. The van der Waals surface area contributed by atoms with E-state index < -0.39 is 5.97 Å². The van der Waals surface area contributed by atoms with Crippen molar-refractivity contribution in [1.29, 1.82) is 0 Å². The molecule has 1 heterocycles. The Morgan fingerprint density at radius 1 is 1.18 bits per heavy atom. The Bertz CT molecular complexity index is 996. The van der Waals surface area contributed by atoms with Crippen LogP contribution in [0.4, 0.5) is 0 Å². The molecule has 0 aliphatic rings. The van der Waals surface area contributed by atoms with Gasteiger partial charge >= 0.3 is 5.97 Å². The van der Waals surface area contributed by atoms with Gasteiger partial charge in [-0.1, -0.05) is 23.4 Å². The number of esters is 1. The van der Waals surface area contributed by atoms with Crippen molar-refractivity contribution in [2.75, 3.05) is 14.2 Å². The van der Waals surface area contributed by atoms with E-state index in [0.717, 1.165) is 5.56 Å². The molecule has 1 aromatic heterocycles. The Morgan fingerprint density at radius 2 is 2.04 bits per heavy atom. The van der Waals surface area contributed by atoms with Gasteiger partial charge < -0.3 is 23.8 Å². The van der Waals surface area contributed by atoms with Crippen molar-refractivity contribution in [3.8, 4) is 28.6 Å². The Balaban J connectivity index is 1.58. The summed E-state index contributed by atoms with van der Waals surface area (Å²) in [6.45, 7) is -0.154. The van der Waals surface area contributed by atoms with Gasteiger partial charge in [-0.2, -0.15) is 4.98 Å². The first-order valence-corrected chi connectivity index (χ1v) is 8.28. The number of hydrogen-bond acceptors (Lipinski definition) is 8. The van der Waals surface area contributed by atoms with E-state index in [-0.39, 0.29) is 18.2 Å². The second kappa shape index (κ2) is 8.72. The van der Waals surface area contributed by atoms with Crippen molar-refractivity contribution in [3.63, 3.8) is 0 Å². The Morgan fingerprint density at radius 3 is 2.82 bits per heavy atom. The van der Waals surface area contributed by atoms with Gasteiger partial charge in [0, 0.05) is 11.6 Å². The van der Waals surface area contributed by atoms with E-state index in [1.807, 2.05) is 18.2 Å². The maximum atomic E-state index is 11.9. The van der Waals surface area contributed by atoms with Crippen LogP contribution in [0.3, 0.4) is 0 Å². The number of aromatic nitrogens is 2. The number of aromatic hydroxyl groups is 1. The first-order chi connectivity index (χ1) is 13.6. The molecule has 28 heavy (non-hydrogen) atoms. The highest BCUT2D eigenvalue weighted by Crippen LogP contribution is 2.26. The van der Waals surface area contributed by atoms with E-state index in [2.05, 4.69) is 10.1 Å². The molecular weight excluding hydrogens is 364 g/mol. The minimum absolute atomic E-state index is 0.0189. The molecule has 0 spiro atoms. The lowest BCUT2D eigenvalue weighted by molar-refractivity contribution is -0.139. The maximum absolute atomic E-state index is 11.9. The van der Waals surface area contributed by atoms with E-state index in [4.69, 9.17) is 18.7 Å². The molecular formula is C20H18N2O6. The summed E-state index contributed by atoms with van der Waals surface area (Å²) in [7, 11) is 3.02. The van der Waals surface area contributed by atoms with E-state index in [0.29, 0.717) is 22.9 Å². The number of hydrogen-bond donors (Lipinski definition) is 1. The predicted molar refractivity (Wildman–Crippen MR) is 99.8 cm³/mol. The monoisotopic (exact) mass is 382 g/mol. The lowest BCUT2D eigenvalue weighted by Gasteiger charge is -2.03. The molecule has 0 fully saturated rings. The first kappa shape index (κ1) is 19.0. The SMILES string of the molecule is COc1cccc(-c2noc(COC(=O)/C=C/c3ccc(O)c(OC)c3)n2)c1. The minimum atomic E-state index is -0.576. The number of benzene rings is 2. The quantitative estimate of drug-likeness (QED) is 0.491. The molecule has 0 aliphatic heterocycles. The van der Waals surface area contributed by atoms with E-state index in [9.17, 15) is 9.90 Å². The van der Waals surface area contributed by atoms with Gasteiger partial charge in [0.05, 0.1) is 14.2 Å². The van der Waals surface area contributed by atoms with Crippen LogP contribution in [0, 0.1) is 0 Å². The number of ether oxygens (including phenoxy) is 3. The van der Waals surface area contributed by atoms with Gasteiger partial charge in [0.25, 0.3) is 5.89 Å². The molecule has 0 unspecified atom stereocenters. The second-order valence-corrected chi connectivity index (χ2v) is 5.62. The normalized spacial score (nSPS) is 10.8. The van der Waals surface area contributed by atoms with Gasteiger partial charge in [-0.05, 0) is 35.9 Å². The average Bonchev–Trinajstić information content (AvgIpc) is 3.21. The molecule has 0 saturated carbocycles. The lowest BCUT2D eigenvalue weighted by Crippen LogP contribution is -2.01. The Hall–Kier alpha value is -3.81. The summed E-state index contributed by atoms with van der Waals surface area (Å²) in [6.07, 6.45) is 2.80. The van der Waals surface area contributed by atoms with Crippen LogP contribution < -0.4 is 9.47 Å². The van der Waals surface area contributed by atoms with Crippen molar-refractivity contribution in [2.24, 2.45) is 0 Å². The highest BCUT2D eigenvalue weighted by atomic mass is 16.6. The summed E-state index contributed by atoms with van der Waals surface area (Å²) < 4.78 is 20.4. The van der Waals surface area contributed by atoms with Crippen molar-refractivity contribution < 1.29 is 28.6 Å². The molecule has 0 radical (unpaired) electrons. The third-order valence-corrected chi connectivity index (χ3v) is 3.75. The fourth-order valence-corrected chi connectivity index (χ4v) is 2.34. The third kappa shape index (κ3) is 4.67. The molecule has 0 atom stereocenters. The van der Waals surface area contributed by atoms with Gasteiger partial charge in [0.1, 0.15) is 5.75 Å². The van der Waals surface area contributed by atoms with Crippen LogP contribution in [0.1, 0.15) is 11.5 Å². The smallest absolute Gasteiger partial charge is 0.331 e. The number of methoxy groups -OCH3 is 2. The summed E-state index contributed by atoms with van der Waals surface area (Å²) in [5.74, 6) is 0.971. The van der Waals surface area contributed by atoms with Crippen LogP contribution in [0.25, 0.3) is 17.5 Å². The second-order valence-electron chi connectivity index (χ2n) is 5.62. The standard InChI is InChI=1S/C20H18N2O6/c1-25-15-5-3-4-14(11-15)20-21-18(28-22-20)12-27-19(24)9-7-13-6-8-16(23)17(10-13)26-2/h3-11,23H,12H2,1-2H3/b9-7+. The molecule has 3 rings (SSSR count). The van der Waals surface area contributed by atoms with Gasteiger partial charge in [0.15, 0.2) is 18.1 Å². The van der Waals surface area contributed by atoms with Gasteiger partial charge in [-0.25, -0.2) is 4.79 Å². The molecule has 8 heteroatoms. The van der Waals surface area contributed by atoms with E-state index >= 15 is 0 Å². The molecule has 0 bridgehead atoms. The molecule has 0 amide bonds. The molecule has 1 N–H and O–H groups in total. The zero-order chi connectivity index (χ0) is 19.9. The topological polar surface area (TPSA) is 104 Å². The van der Waals surface area contributed by atoms with Crippen LogP contribution in [0.2, 0.25) is 0 Å². The zero-order valence-corrected chi connectivity index (χ0v) is 15.3. The van der Waals surface area contributed by atoms with Crippen molar-refractivity contribution >= 4 is 12.0 Å². The Labute approximate surface area is 161 Å². The minimum Gasteiger partial charge on any atom is -0.504 e. The summed E-state index contributed by atoms with van der Waals surface area (Å²) in [6, 6.07) is 11.9. The highest BCUT2D eigenvalue weighted by Gasteiger charge is 2.11. The maximum Gasteiger partial charge on any atom is 0.331 e. The summed E-state index contributed by atoms with van der Waals surface area (Å²) in [5.41, 5.74) is 1.39. The van der Waals surface area contributed by atoms with Crippen LogP contribution in [0.5, 0.6) is 17.2 Å². The van der Waals surface area contributed by atoms with Crippen LogP contribution in [-0.4, -0.2) is 35.4 Å². The largest absolute Gasteiger partial charge is 0.504 e. The van der Waals surface area contributed by atoms with Crippen molar-refractivity contribution in [1.82, 2.24) is 10.1 Å². The third-order valence-electron chi connectivity index (χ3n) is 3.75. The number of nitrogens with zero attached hydrogens (tertiary/aromatic N) is 2. The number of rotatable bonds is 7. The molecule has 8 nitrogen and oxygen atoms in total. The Kier molecular flexibility index (Phi) is 5.91. The summed E-state index contributed by atoms with van der Waals surface area (Å²) >= 11 is 0. The highest BCUT2D eigenvalue weighted by molar-refractivity contribution is 5.87. The van der Waals surface area contributed by atoms with Gasteiger partial charge in [-0.15, -0.1) is 0 Å². The van der Waals surface area contributed by atoms with Crippen molar-refractivity contribution in [3.05, 3.63) is 60.0 Å². The fourth-order valence-electron chi connectivity index (χ4n) is 2.34. The van der Waals surface area contributed by atoms with Crippen LogP contribution >= 0.6 is 0 Å². The summed E-state index contributed by atoms with van der Waals surface area (Å²) in [4.78, 5) is 16.1. The predicted octanol–water partition coefficient (Wildman–Crippen LogP) is 3.22. The van der Waals surface area contributed by atoms with Crippen LogP contribution in [-0.2, 0) is 16.1 Å². The van der Waals surface area contributed by atoms with E-state index in [1.54, 1.807) is 31.4 Å². The summed E-state index contributed by atoms with van der Waals surface area (Å²) in [5, 5.41) is 13.4. The fraction of sp³-hybridized carbons (Fsp3) is 0.150. The lowest BCUT2D eigenvalue weighted by atomic mass is 10.2. The number of phenolic OH excluding ortho intramolecular Hbond substituents is 1. The number of carbonyl (C=O) groups excluding carboxylic acids is 1. The zero-order valence-electron chi connectivity index (χ0n) is 15.3. The van der Waals surface area contributed by atoms with Gasteiger partial charge in [-0.3, -0.25) is 0 Å². The number of carbonyl (C=O) groups is 1.